The molecule has 0 radical (unpaired) electrons. The molecule has 0 saturated heterocycles. The average Bonchev–Trinajstić information content (AvgIpc) is 2.72. The summed E-state index contributed by atoms with van der Waals surface area (Å²) in [6, 6.07) is 1.24. The van der Waals surface area contributed by atoms with Gasteiger partial charge in [-0.2, -0.15) is 0 Å². The molecule has 0 spiro atoms. The van der Waals surface area contributed by atoms with E-state index in [1.165, 1.54) is 16.8 Å². The number of pyridine rings is 1. The van der Waals surface area contributed by atoms with Gasteiger partial charge in [0.25, 0.3) is 0 Å². The second kappa shape index (κ2) is 5.68. The van der Waals surface area contributed by atoms with Gasteiger partial charge < -0.3 is 5.11 Å². The molecule has 2 heterocycles. The number of hydrogen-bond donors (Lipinski definition) is 2. The second-order valence-electron chi connectivity index (χ2n) is 4.19. The summed E-state index contributed by atoms with van der Waals surface area (Å²) in [6.45, 7) is 3.70. The molecule has 0 bridgehead atoms. The molecular weight excluding hydrogens is 304 g/mol. The minimum absolute atomic E-state index is 0.00243. The van der Waals surface area contributed by atoms with Gasteiger partial charge >= 0.3 is 11.7 Å². The number of aromatic carboxylic acids is 1. The quantitative estimate of drug-likeness (QED) is 0.895. The van der Waals surface area contributed by atoms with Crippen molar-refractivity contribution in [1.29, 1.82) is 0 Å². The van der Waals surface area contributed by atoms with Gasteiger partial charge in [-0.05, 0) is 31.7 Å². The predicted octanol–water partition coefficient (Wildman–Crippen LogP) is 2.05. The minimum Gasteiger partial charge on any atom is -0.478 e. The Kier molecular flexibility index (Phi) is 4.15. The Morgan fingerprint density at radius 1 is 1.55 bits per heavy atom. The molecular formula is C11H11ClN4O3S. The van der Waals surface area contributed by atoms with Crippen LogP contribution in [0, 0.1) is 0 Å². The van der Waals surface area contributed by atoms with Crippen molar-refractivity contribution in [3.63, 3.8) is 0 Å². The first-order chi connectivity index (χ1) is 9.40. The molecule has 0 saturated carbocycles. The van der Waals surface area contributed by atoms with Crippen molar-refractivity contribution in [1.82, 2.24) is 19.7 Å². The highest BCUT2D eigenvalue weighted by molar-refractivity contribution is 7.99. The van der Waals surface area contributed by atoms with Gasteiger partial charge in [0, 0.05) is 12.2 Å². The number of carboxylic acids is 1. The number of nitrogens with zero attached hydrogens (tertiary/aromatic N) is 3. The van der Waals surface area contributed by atoms with Crippen LogP contribution in [0.5, 0.6) is 0 Å². The molecule has 0 aliphatic heterocycles. The molecule has 2 N–H and O–H groups in total. The highest BCUT2D eigenvalue weighted by atomic mass is 35.5. The lowest BCUT2D eigenvalue weighted by molar-refractivity contribution is 0.0696. The summed E-state index contributed by atoms with van der Waals surface area (Å²) in [7, 11) is 0. The number of nitrogens with one attached hydrogen (secondary N) is 1. The van der Waals surface area contributed by atoms with Crippen molar-refractivity contribution in [3.05, 3.63) is 33.3 Å². The highest BCUT2D eigenvalue weighted by Gasteiger charge is 2.16. The number of H-pyrrole nitrogens is 1. The van der Waals surface area contributed by atoms with Crippen LogP contribution in [0.2, 0.25) is 5.02 Å². The van der Waals surface area contributed by atoms with E-state index in [1.807, 2.05) is 13.8 Å². The number of rotatable bonds is 4. The molecule has 9 heteroatoms. The first-order valence-electron chi connectivity index (χ1n) is 5.63. The maximum atomic E-state index is 11.6. The molecule has 2 aromatic heterocycles. The van der Waals surface area contributed by atoms with E-state index in [0.717, 1.165) is 11.8 Å². The van der Waals surface area contributed by atoms with Crippen LogP contribution in [-0.2, 0) is 0 Å². The van der Waals surface area contributed by atoms with Crippen molar-refractivity contribution >= 4 is 29.3 Å². The lowest BCUT2D eigenvalue weighted by atomic mass is 10.3. The van der Waals surface area contributed by atoms with Crippen LogP contribution in [-0.4, -0.2) is 30.8 Å². The van der Waals surface area contributed by atoms with Crippen molar-refractivity contribution in [2.75, 3.05) is 0 Å². The standard InChI is InChI=1S/C11H11ClN4O3S/c1-5(2)16-10(19)14-15-11(16)20-8-7(12)3-6(4-13-8)9(17)18/h3-5H,1-2H3,(H,14,19)(H,17,18). The Bertz CT molecular complexity index is 710. The Morgan fingerprint density at radius 2 is 2.25 bits per heavy atom. The van der Waals surface area contributed by atoms with Gasteiger partial charge in [0.05, 0.1) is 10.6 Å². The Labute approximate surface area is 123 Å². The van der Waals surface area contributed by atoms with Crippen LogP contribution in [0.25, 0.3) is 0 Å². The van der Waals surface area contributed by atoms with Crippen LogP contribution in [0.4, 0.5) is 0 Å². The van der Waals surface area contributed by atoms with Crippen LogP contribution >= 0.6 is 23.4 Å². The molecule has 0 aliphatic rings. The second-order valence-corrected chi connectivity index (χ2v) is 5.56. The first-order valence-corrected chi connectivity index (χ1v) is 6.83. The molecule has 106 valence electrons. The third kappa shape index (κ3) is 2.86. The smallest absolute Gasteiger partial charge is 0.344 e. The zero-order valence-electron chi connectivity index (χ0n) is 10.6. The Balaban J connectivity index is 2.36. The van der Waals surface area contributed by atoms with Crippen LogP contribution in [0.15, 0.2) is 27.2 Å². The van der Waals surface area contributed by atoms with Gasteiger partial charge in [-0.15, -0.1) is 5.10 Å². The lowest BCUT2D eigenvalue weighted by Crippen LogP contribution is -2.19. The van der Waals surface area contributed by atoms with Crippen LogP contribution < -0.4 is 5.69 Å². The summed E-state index contributed by atoms with van der Waals surface area (Å²) < 4.78 is 1.47. The van der Waals surface area contributed by atoms with Gasteiger partial charge in [0.1, 0.15) is 5.03 Å². The van der Waals surface area contributed by atoms with E-state index in [2.05, 4.69) is 15.2 Å². The Morgan fingerprint density at radius 3 is 2.80 bits per heavy atom. The SMILES string of the molecule is CC(C)n1c(Sc2ncc(C(=O)O)cc2Cl)n[nH]c1=O. The summed E-state index contributed by atoms with van der Waals surface area (Å²) >= 11 is 7.09. The van der Waals surface area contributed by atoms with Gasteiger partial charge in [0.15, 0.2) is 5.16 Å². The maximum Gasteiger partial charge on any atom is 0.344 e. The van der Waals surface area contributed by atoms with Crippen LogP contribution in [0.1, 0.15) is 30.2 Å². The van der Waals surface area contributed by atoms with Crippen molar-refractivity contribution in [3.8, 4) is 0 Å². The Hall–Kier alpha value is -1.80. The normalized spacial score (nSPS) is 11.0. The largest absolute Gasteiger partial charge is 0.478 e. The molecule has 20 heavy (non-hydrogen) atoms. The summed E-state index contributed by atoms with van der Waals surface area (Å²) in [6.07, 6.45) is 1.21. The van der Waals surface area contributed by atoms with Crippen molar-refractivity contribution in [2.24, 2.45) is 0 Å². The molecule has 0 unspecified atom stereocenters. The molecule has 0 amide bonds. The van der Waals surface area contributed by atoms with Gasteiger partial charge in [-0.1, -0.05) is 11.6 Å². The minimum atomic E-state index is -1.10. The van der Waals surface area contributed by atoms with Crippen molar-refractivity contribution < 1.29 is 9.90 Å². The number of hydrogen-bond acceptors (Lipinski definition) is 5. The van der Waals surface area contributed by atoms with Crippen LogP contribution in [0.3, 0.4) is 0 Å². The van der Waals surface area contributed by atoms with E-state index in [0.29, 0.717) is 10.2 Å². The fraction of sp³-hybridized carbons (Fsp3) is 0.273. The zero-order chi connectivity index (χ0) is 14.9. The molecule has 0 fully saturated rings. The van der Waals surface area contributed by atoms with Gasteiger partial charge in [-0.25, -0.2) is 19.7 Å². The fourth-order valence-electron chi connectivity index (χ4n) is 1.52. The van der Waals surface area contributed by atoms with Gasteiger partial charge in [-0.3, -0.25) is 4.57 Å². The number of halogens is 1. The average molecular weight is 315 g/mol. The topological polar surface area (TPSA) is 101 Å². The molecule has 2 aromatic rings. The third-order valence-corrected chi connectivity index (χ3v) is 3.82. The maximum absolute atomic E-state index is 11.6. The molecule has 2 rings (SSSR count). The number of carboxylic acid groups (broad SMARTS) is 1. The van der Waals surface area contributed by atoms with E-state index in [1.54, 1.807) is 0 Å². The summed E-state index contributed by atoms with van der Waals surface area (Å²) in [5.74, 6) is -1.10. The van der Waals surface area contributed by atoms with E-state index >= 15 is 0 Å². The van der Waals surface area contributed by atoms with E-state index in [4.69, 9.17) is 16.7 Å². The first kappa shape index (κ1) is 14.6. The monoisotopic (exact) mass is 314 g/mol. The summed E-state index contributed by atoms with van der Waals surface area (Å²) in [5, 5.41) is 16.1. The molecule has 0 atom stereocenters. The zero-order valence-corrected chi connectivity index (χ0v) is 12.2. The third-order valence-electron chi connectivity index (χ3n) is 2.43. The van der Waals surface area contributed by atoms with Gasteiger partial charge in [0.2, 0.25) is 0 Å². The number of carbonyl (C=O) groups is 1. The van der Waals surface area contributed by atoms with E-state index < -0.39 is 5.97 Å². The highest BCUT2D eigenvalue weighted by Crippen LogP contribution is 2.31. The summed E-state index contributed by atoms with van der Waals surface area (Å²) in [4.78, 5) is 26.4. The molecule has 7 nitrogen and oxygen atoms in total. The van der Waals surface area contributed by atoms with Crippen molar-refractivity contribution in [2.45, 2.75) is 30.1 Å². The van der Waals surface area contributed by atoms with E-state index in [9.17, 15) is 9.59 Å². The molecule has 0 aromatic carbocycles. The summed E-state index contributed by atoms with van der Waals surface area (Å²) in [5.41, 5.74) is -0.316. The molecule has 0 aliphatic carbocycles. The number of aromatic nitrogens is 4. The predicted molar refractivity (Wildman–Crippen MR) is 73.6 cm³/mol. The lowest BCUT2D eigenvalue weighted by Gasteiger charge is -2.08. The fourth-order valence-corrected chi connectivity index (χ4v) is 2.72. The van der Waals surface area contributed by atoms with E-state index in [-0.39, 0.29) is 22.3 Å². The number of aromatic amines is 1.